The number of alkyl carbamates (subject to hydrolysis) is 1. The molecular weight excluding hydrogens is 538 g/mol. The molecule has 11 nitrogen and oxygen atoms in total. The maximum Gasteiger partial charge on any atom is 0.407 e. The van der Waals surface area contributed by atoms with Crippen molar-refractivity contribution in [1.29, 1.82) is 0 Å². The Bertz CT molecular complexity index is 1430. The molecule has 3 aromatic rings. The fourth-order valence-electron chi connectivity index (χ4n) is 5.29. The zero-order chi connectivity index (χ0) is 29.3. The van der Waals surface area contributed by atoms with E-state index in [9.17, 15) is 18.4 Å². The summed E-state index contributed by atoms with van der Waals surface area (Å²) in [5.41, 5.74) is 0.249. The topological polar surface area (TPSA) is 120 Å². The number of pyridine rings is 1. The SMILES string of the molecule is CCOC(=O)c1cnn2ccc(N3C[C@@H](F)C[C@@H]3c3cc(F)cnc3O[C@H]3CC[C@@H](NC(=O)OC(C)(C)C)C3)nc12. The second kappa shape index (κ2) is 11.5. The van der Waals surface area contributed by atoms with Gasteiger partial charge in [-0.15, -0.1) is 0 Å². The van der Waals surface area contributed by atoms with Gasteiger partial charge in [-0.1, -0.05) is 0 Å². The van der Waals surface area contributed by atoms with Crippen LogP contribution in [0.3, 0.4) is 0 Å². The molecule has 0 aromatic carbocycles. The van der Waals surface area contributed by atoms with Gasteiger partial charge in [-0.05, 0) is 52.7 Å². The number of carbonyl (C=O) groups is 2. The van der Waals surface area contributed by atoms with Crippen LogP contribution < -0.4 is 15.0 Å². The Morgan fingerprint density at radius 1 is 1.20 bits per heavy atom. The molecule has 4 atom stereocenters. The number of amides is 1. The first-order chi connectivity index (χ1) is 19.5. The van der Waals surface area contributed by atoms with E-state index in [0.717, 1.165) is 6.20 Å². The Balaban J connectivity index is 1.37. The Kier molecular flexibility index (Phi) is 7.96. The van der Waals surface area contributed by atoms with Crippen LogP contribution >= 0.6 is 0 Å². The average molecular weight is 573 g/mol. The van der Waals surface area contributed by atoms with E-state index in [1.165, 1.54) is 16.8 Å². The Morgan fingerprint density at radius 3 is 2.76 bits per heavy atom. The van der Waals surface area contributed by atoms with Gasteiger partial charge in [-0.3, -0.25) is 0 Å². The molecule has 220 valence electrons. The number of hydrogen-bond acceptors (Lipinski definition) is 9. The van der Waals surface area contributed by atoms with Crippen molar-refractivity contribution >= 4 is 23.5 Å². The fourth-order valence-corrected chi connectivity index (χ4v) is 5.29. The van der Waals surface area contributed by atoms with Gasteiger partial charge in [0.1, 0.15) is 35.1 Å². The van der Waals surface area contributed by atoms with E-state index in [2.05, 4.69) is 20.4 Å². The van der Waals surface area contributed by atoms with Crippen LogP contribution in [0.25, 0.3) is 5.65 Å². The number of nitrogens with one attached hydrogen (secondary N) is 1. The lowest BCUT2D eigenvalue weighted by molar-refractivity contribution is 0.0498. The molecule has 0 unspecified atom stereocenters. The predicted octanol–water partition coefficient (Wildman–Crippen LogP) is 4.55. The number of alkyl halides is 1. The minimum absolute atomic E-state index is 0.0119. The van der Waals surface area contributed by atoms with Crippen molar-refractivity contribution in [3.8, 4) is 5.88 Å². The highest BCUT2D eigenvalue weighted by atomic mass is 19.1. The number of ether oxygens (including phenoxy) is 3. The second-order valence-electron chi connectivity index (χ2n) is 11.3. The molecule has 1 N–H and O–H groups in total. The summed E-state index contributed by atoms with van der Waals surface area (Å²) >= 11 is 0. The molecule has 41 heavy (non-hydrogen) atoms. The van der Waals surface area contributed by atoms with Crippen molar-refractivity contribution in [1.82, 2.24) is 24.9 Å². The van der Waals surface area contributed by atoms with E-state index >= 15 is 0 Å². The largest absolute Gasteiger partial charge is 0.474 e. The zero-order valence-corrected chi connectivity index (χ0v) is 23.5. The van der Waals surface area contributed by atoms with Crippen LogP contribution in [0.2, 0.25) is 0 Å². The van der Waals surface area contributed by atoms with Crippen LogP contribution in [-0.4, -0.2) is 68.7 Å². The van der Waals surface area contributed by atoms with E-state index in [1.807, 2.05) is 0 Å². The van der Waals surface area contributed by atoms with E-state index in [1.54, 1.807) is 44.9 Å². The van der Waals surface area contributed by atoms with Crippen LogP contribution in [-0.2, 0) is 9.47 Å². The molecule has 0 radical (unpaired) electrons. The van der Waals surface area contributed by atoms with Crippen molar-refractivity contribution in [2.75, 3.05) is 18.1 Å². The number of aromatic nitrogens is 4. The molecule has 1 aliphatic heterocycles. The van der Waals surface area contributed by atoms with Gasteiger partial charge in [0, 0.05) is 30.6 Å². The number of carbonyl (C=O) groups excluding carboxylic acids is 2. The highest BCUT2D eigenvalue weighted by Gasteiger charge is 2.38. The van der Waals surface area contributed by atoms with Crippen LogP contribution in [0.5, 0.6) is 5.88 Å². The summed E-state index contributed by atoms with van der Waals surface area (Å²) in [5.74, 6) is -0.536. The molecule has 3 aromatic heterocycles. The van der Waals surface area contributed by atoms with Crippen molar-refractivity contribution in [2.45, 2.75) is 83.3 Å². The first kappa shape index (κ1) is 28.5. The third-order valence-electron chi connectivity index (χ3n) is 6.98. The Morgan fingerprint density at radius 2 is 2.00 bits per heavy atom. The quantitative estimate of drug-likeness (QED) is 0.407. The van der Waals surface area contributed by atoms with Crippen molar-refractivity contribution in [3.05, 3.63) is 47.7 Å². The normalized spacial score (nSPS) is 22.6. The number of fused-ring (bicyclic) bond motifs is 1. The Hall–Kier alpha value is -4.03. The maximum absolute atomic E-state index is 14.9. The van der Waals surface area contributed by atoms with Gasteiger partial charge >= 0.3 is 12.1 Å². The third-order valence-corrected chi connectivity index (χ3v) is 6.98. The molecule has 13 heteroatoms. The third kappa shape index (κ3) is 6.49. The number of nitrogens with zero attached hydrogens (tertiary/aromatic N) is 5. The molecular formula is C28H34F2N6O5. The monoisotopic (exact) mass is 572 g/mol. The molecule has 2 aliphatic rings. The first-order valence-corrected chi connectivity index (χ1v) is 13.7. The molecule has 1 saturated carbocycles. The molecule has 5 rings (SSSR count). The lowest BCUT2D eigenvalue weighted by Gasteiger charge is -2.27. The summed E-state index contributed by atoms with van der Waals surface area (Å²) in [4.78, 5) is 35.1. The molecule has 1 aliphatic carbocycles. The van der Waals surface area contributed by atoms with Gasteiger partial charge in [-0.25, -0.2) is 32.9 Å². The number of anilines is 1. The summed E-state index contributed by atoms with van der Waals surface area (Å²) < 4.78 is 47.5. The van der Waals surface area contributed by atoms with Crippen molar-refractivity contribution in [3.63, 3.8) is 0 Å². The van der Waals surface area contributed by atoms with Gasteiger partial charge in [0.05, 0.1) is 31.6 Å². The summed E-state index contributed by atoms with van der Waals surface area (Å²) in [5, 5.41) is 7.02. The van der Waals surface area contributed by atoms with Gasteiger partial charge in [0.2, 0.25) is 5.88 Å². The molecule has 4 heterocycles. The fraction of sp³-hybridized carbons (Fsp3) is 0.536. The maximum atomic E-state index is 14.9. The zero-order valence-electron chi connectivity index (χ0n) is 23.5. The minimum Gasteiger partial charge on any atom is -0.474 e. The second-order valence-corrected chi connectivity index (χ2v) is 11.3. The highest BCUT2D eigenvalue weighted by molar-refractivity contribution is 5.95. The molecule has 1 saturated heterocycles. The number of rotatable bonds is 7. The van der Waals surface area contributed by atoms with E-state index in [-0.39, 0.29) is 48.8 Å². The van der Waals surface area contributed by atoms with Crippen LogP contribution in [0, 0.1) is 5.82 Å². The van der Waals surface area contributed by atoms with E-state index in [4.69, 9.17) is 14.2 Å². The van der Waals surface area contributed by atoms with Gasteiger partial charge in [-0.2, -0.15) is 5.10 Å². The number of esters is 1. The molecule has 1 amide bonds. The lowest BCUT2D eigenvalue weighted by Crippen LogP contribution is -2.38. The predicted molar refractivity (Wildman–Crippen MR) is 144 cm³/mol. The highest BCUT2D eigenvalue weighted by Crippen LogP contribution is 2.41. The molecule has 0 bridgehead atoms. The van der Waals surface area contributed by atoms with Gasteiger partial charge < -0.3 is 24.4 Å². The summed E-state index contributed by atoms with van der Waals surface area (Å²) in [7, 11) is 0. The molecule has 2 fully saturated rings. The summed E-state index contributed by atoms with van der Waals surface area (Å²) in [6.07, 6.45) is 4.01. The Labute approximate surface area is 236 Å². The number of hydrogen-bond donors (Lipinski definition) is 1. The minimum atomic E-state index is -1.21. The smallest absolute Gasteiger partial charge is 0.407 e. The van der Waals surface area contributed by atoms with E-state index < -0.39 is 35.7 Å². The van der Waals surface area contributed by atoms with Crippen LogP contribution in [0.1, 0.15) is 75.3 Å². The van der Waals surface area contributed by atoms with Crippen LogP contribution in [0.15, 0.2) is 30.7 Å². The average Bonchev–Trinajstić information content (AvgIpc) is 3.62. The lowest BCUT2D eigenvalue weighted by atomic mass is 10.1. The standard InChI is InChI=1S/C28H34F2N6O5/c1-5-39-26(37)21-14-32-36-9-8-23(34-24(21)36)35-15-17(30)11-22(35)20-10-16(29)13-31-25(20)40-19-7-6-18(12-19)33-27(38)41-28(2,3)4/h8-10,13-14,17-19,22H,5-7,11-12,15H2,1-4H3,(H,33,38)/t17-,18+,19-,22+/m0/s1. The van der Waals surface area contributed by atoms with Crippen molar-refractivity contribution < 1.29 is 32.6 Å². The van der Waals surface area contributed by atoms with Gasteiger partial charge in [0.15, 0.2) is 5.65 Å². The van der Waals surface area contributed by atoms with Gasteiger partial charge in [0.25, 0.3) is 0 Å². The summed E-state index contributed by atoms with van der Waals surface area (Å²) in [6.45, 7) is 7.30. The van der Waals surface area contributed by atoms with Crippen LogP contribution in [0.4, 0.5) is 19.4 Å². The molecule has 0 spiro atoms. The van der Waals surface area contributed by atoms with E-state index in [0.29, 0.717) is 30.6 Å². The summed E-state index contributed by atoms with van der Waals surface area (Å²) in [6, 6.07) is 2.21. The van der Waals surface area contributed by atoms with Crippen molar-refractivity contribution in [2.24, 2.45) is 0 Å². The number of halogens is 2. The first-order valence-electron chi connectivity index (χ1n) is 13.7.